The lowest BCUT2D eigenvalue weighted by Gasteiger charge is -2.32. The van der Waals surface area contributed by atoms with Crippen molar-refractivity contribution < 1.29 is 14.3 Å². The molecule has 2 aliphatic heterocycles. The van der Waals surface area contributed by atoms with Crippen LogP contribution in [-0.2, 0) is 0 Å². The molecule has 3 rings (SSSR count). The molecule has 6 heteroatoms. The van der Waals surface area contributed by atoms with E-state index in [0.717, 1.165) is 31.8 Å². The molecule has 2 heterocycles. The Hall–Kier alpha value is -1.82. The molecule has 0 spiro atoms. The van der Waals surface area contributed by atoms with Crippen molar-refractivity contribution in [2.75, 3.05) is 19.9 Å². The SMILES string of the molecule is CC1CCN(C(=S)NC(=O)c2ccc3c(c2)OCO3)CC1. The van der Waals surface area contributed by atoms with Crippen LogP contribution in [0.15, 0.2) is 18.2 Å². The number of fused-ring (bicyclic) bond motifs is 1. The molecule has 21 heavy (non-hydrogen) atoms. The minimum Gasteiger partial charge on any atom is -0.454 e. The van der Waals surface area contributed by atoms with Gasteiger partial charge in [-0.2, -0.15) is 0 Å². The van der Waals surface area contributed by atoms with Crippen LogP contribution < -0.4 is 14.8 Å². The Balaban J connectivity index is 1.62. The molecule has 1 aromatic rings. The minimum absolute atomic E-state index is 0.199. The van der Waals surface area contributed by atoms with Gasteiger partial charge in [0, 0.05) is 18.7 Å². The molecule has 1 fully saturated rings. The van der Waals surface area contributed by atoms with Gasteiger partial charge < -0.3 is 14.4 Å². The van der Waals surface area contributed by atoms with Crippen molar-refractivity contribution in [3.63, 3.8) is 0 Å². The lowest BCUT2D eigenvalue weighted by Crippen LogP contribution is -2.46. The van der Waals surface area contributed by atoms with E-state index >= 15 is 0 Å². The lowest BCUT2D eigenvalue weighted by atomic mass is 10.00. The molecular weight excluding hydrogens is 288 g/mol. The summed E-state index contributed by atoms with van der Waals surface area (Å²) in [6.45, 7) is 4.25. The number of nitrogens with one attached hydrogen (secondary N) is 1. The summed E-state index contributed by atoms with van der Waals surface area (Å²) < 4.78 is 10.5. The number of thiocarbonyl (C=S) groups is 1. The Morgan fingerprint density at radius 1 is 1.29 bits per heavy atom. The van der Waals surface area contributed by atoms with Crippen LogP contribution in [-0.4, -0.2) is 35.8 Å². The van der Waals surface area contributed by atoms with Crippen LogP contribution in [0.25, 0.3) is 0 Å². The van der Waals surface area contributed by atoms with Gasteiger partial charge >= 0.3 is 0 Å². The first-order chi connectivity index (χ1) is 10.1. The number of ether oxygens (including phenoxy) is 2. The summed E-state index contributed by atoms with van der Waals surface area (Å²) in [5.41, 5.74) is 0.520. The summed E-state index contributed by atoms with van der Waals surface area (Å²) in [7, 11) is 0. The van der Waals surface area contributed by atoms with Crippen molar-refractivity contribution in [1.29, 1.82) is 0 Å². The molecule has 0 radical (unpaired) electrons. The molecule has 5 nitrogen and oxygen atoms in total. The van der Waals surface area contributed by atoms with Crippen LogP contribution in [0.5, 0.6) is 11.5 Å². The van der Waals surface area contributed by atoms with Crippen LogP contribution in [0, 0.1) is 5.92 Å². The Bertz CT molecular complexity index is 568. The number of carbonyl (C=O) groups excluding carboxylic acids is 1. The van der Waals surface area contributed by atoms with E-state index in [2.05, 4.69) is 17.1 Å². The molecule has 1 amide bonds. The zero-order valence-electron chi connectivity index (χ0n) is 11.9. The van der Waals surface area contributed by atoms with Gasteiger partial charge in [-0.3, -0.25) is 10.1 Å². The van der Waals surface area contributed by atoms with Gasteiger partial charge in [0.1, 0.15) is 0 Å². The van der Waals surface area contributed by atoms with E-state index in [9.17, 15) is 4.79 Å². The number of amides is 1. The zero-order chi connectivity index (χ0) is 14.8. The Kier molecular flexibility index (Phi) is 3.96. The first-order valence-electron chi connectivity index (χ1n) is 7.13. The fourth-order valence-corrected chi connectivity index (χ4v) is 2.77. The molecule has 0 aromatic heterocycles. The molecular formula is C15H18N2O3S. The van der Waals surface area contributed by atoms with Gasteiger partial charge in [-0.15, -0.1) is 0 Å². The highest BCUT2D eigenvalue weighted by molar-refractivity contribution is 7.80. The minimum atomic E-state index is -0.211. The monoisotopic (exact) mass is 306 g/mol. The maximum Gasteiger partial charge on any atom is 0.257 e. The predicted octanol–water partition coefficient (Wildman–Crippen LogP) is 2.16. The van der Waals surface area contributed by atoms with Gasteiger partial charge in [-0.25, -0.2) is 0 Å². The second-order valence-corrected chi connectivity index (χ2v) is 5.88. The van der Waals surface area contributed by atoms with Crippen molar-refractivity contribution in [2.24, 2.45) is 5.92 Å². The highest BCUT2D eigenvalue weighted by Gasteiger charge is 2.21. The second kappa shape index (κ2) is 5.89. The van der Waals surface area contributed by atoms with Crippen LogP contribution in [0.3, 0.4) is 0 Å². The maximum atomic E-state index is 12.2. The number of benzene rings is 1. The summed E-state index contributed by atoms with van der Waals surface area (Å²) in [6.07, 6.45) is 2.22. The topological polar surface area (TPSA) is 50.8 Å². The molecule has 0 aliphatic carbocycles. The Morgan fingerprint density at radius 2 is 2.00 bits per heavy atom. The highest BCUT2D eigenvalue weighted by atomic mass is 32.1. The number of carbonyl (C=O) groups is 1. The summed E-state index contributed by atoms with van der Waals surface area (Å²) in [5, 5.41) is 3.30. The second-order valence-electron chi connectivity index (χ2n) is 5.50. The average Bonchev–Trinajstić information content (AvgIpc) is 2.95. The molecule has 1 aromatic carbocycles. The fourth-order valence-electron chi connectivity index (χ4n) is 2.50. The molecule has 112 valence electrons. The van der Waals surface area contributed by atoms with Gasteiger partial charge in [0.15, 0.2) is 16.6 Å². The van der Waals surface area contributed by atoms with E-state index in [0.29, 0.717) is 22.2 Å². The van der Waals surface area contributed by atoms with Crippen LogP contribution in [0.4, 0.5) is 0 Å². The molecule has 0 saturated carbocycles. The largest absolute Gasteiger partial charge is 0.454 e. The fraction of sp³-hybridized carbons (Fsp3) is 0.467. The number of piperidine rings is 1. The van der Waals surface area contributed by atoms with Gasteiger partial charge in [0.25, 0.3) is 5.91 Å². The molecule has 0 bridgehead atoms. The summed E-state index contributed by atoms with van der Waals surface area (Å²) >= 11 is 5.33. The van der Waals surface area contributed by atoms with E-state index in [4.69, 9.17) is 21.7 Å². The van der Waals surface area contributed by atoms with Crippen molar-refractivity contribution in [2.45, 2.75) is 19.8 Å². The third kappa shape index (κ3) is 3.10. The maximum absolute atomic E-state index is 12.2. The third-order valence-corrected chi connectivity index (χ3v) is 4.29. The number of hydrogen-bond donors (Lipinski definition) is 1. The first kappa shape index (κ1) is 14.1. The van der Waals surface area contributed by atoms with Crippen LogP contribution in [0.2, 0.25) is 0 Å². The average molecular weight is 306 g/mol. The number of rotatable bonds is 1. The van der Waals surface area contributed by atoms with E-state index in [-0.39, 0.29) is 12.7 Å². The van der Waals surface area contributed by atoms with Gasteiger partial charge in [0.05, 0.1) is 0 Å². The predicted molar refractivity (Wildman–Crippen MR) is 82.6 cm³/mol. The van der Waals surface area contributed by atoms with E-state index in [1.54, 1.807) is 18.2 Å². The number of nitrogens with zero attached hydrogens (tertiary/aromatic N) is 1. The third-order valence-electron chi connectivity index (χ3n) is 3.93. The van der Waals surface area contributed by atoms with E-state index in [1.165, 1.54) is 0 Å². The van der Waals surface area contributed by atoms with E-state index < -0.39 is 0 Å². The first-order valence-corrected chi connectivity index (χ1v) is 7.54. The quantitative estimate of drug-likeness (QED) is 0.806. The van der Waals surface area contributed by atoms with Gasteiger partial charge in [-0.1, -0.05) is 6.92 Å². The number of likely N-dealkylation sites (tertiary alicyclic amines) is 1. The number of hydrogen-bond acceptors (Lipinski definition) is 4. The molecule has 0 unspecified atom stereocenters. The summed E-state index contributed by atoms with van der Waals surface area (Å²) in [5.74, 6) is 1.78. The zero-order valence-corrected chi connectivity index (χ0v) is 12.7. The smallest absolute Gasteiger partial charge is 0.257 e. The van der Waals surface area contributed by atoms with E-state index in [1.807, 2.05) is 0 Å². The van der Waals surface area contributed by atoms with Crippen molar-refractivity contribution in [3.05, 3.63) is 23.8 Å². The van der Waals surface area contributed by atoms with Crippen molar-refractivity contribution in [3.8, 4) is 11.5 Å². The summed E-state index contributed by atoms with van der Waals surface area (Å²) in [4.78, 5) is 14.3. The lowest BCUT2D eigenvalue weighted by molar-refractivity contribution is 0.0971. The van der Waals surface area contributed by atoms with Crippen molar-refractivity contribution >= 4 is 23.2 Å². The molecule has 0 atom stereocenters. The highest BCUT2D eigenvalue weighted by Crippen LogP contribution is 2.32. The standard InChI is InChI=1S/C15H18N2O3S/c1-10-4-6-17(7-5-10)15(21)16-14(18)11-2-3-12-13(8-11)20-9-19-12/h2-3,8,10H,4-7,9H2,1H3,(H,16,18,21). The summed E-state index contributed by atoms with van der Waals surface area (Å²) in [6, 6.07) is 5.13. The van der Waals surface area contributed by atoms with Gasteiger partial charge in [-0.05, 0) is 49.2 Å². The molecule has 1 N–H and O–H groups in total. The van der Waals surface area contributed by atoms with Crippen LogP contribution >= 0.6 is 12.2 Å². The Morgan fingerprint density at radius 3 is 2.76 bits per heavy atom. The van der Waals surface area contributed by atoms with Gasteiger partial charge in [0.2, 0.25) is 6.79 Å². The molecule has 2 aliphatic rings. The Labute approximate surface area is 129 Å². The molecule has 1 saturated heterocycles. The van der Waals surface area contributed by atoms with Crippen LogP contribution in [0.1, 0.15) is 30.1 Å². The van der Waals surface area contributed by atoms with Crippen molar-refractivity contribution in [1.82, 2.24) is 10.2 Å². The normalized spacial score (nSPS) is 17.7.